The Hall–Kier alpha value is -1.46. The molecular weight excluding hydrogens is 186 g/mol. The van der Waals surface area contributed by atoms with Gasteiger partial charge in [-0.1, -0.05) is 12.0 Å². The molecule has 2 nitrogen and oxygen atoms in total. The number of hydrogen-bond acceptors (Lipinski definition) is 2. The lowest BCUT2D eigenvalue weighted by atomic mass is 10.1. The van der Waals surface area contributed by atoms with Crippen molar-refractivity contribution in [3.8, 4) is 12.3 Å². The van der Waals surface area contributed by atoms with Crippen LogP contribution in [0.5, 0.6) is 0 Å². The number of terminal acetylenes is 1. The highest BCUT2D eigenvalue weighted by Gasteiger charge is 2.04. The van der Waals surface area contributed by atoms with E-state index in [0.717, 1.165) is 23.4 Å². The molecule has 0 aliphatic carbocycles. The van der Waals surface area contributed by atoms with Crippen molar-refractivity contribution in [2.75, 3.05) is 18.0 Å². The fraction of sp³-hybridized carbons (Fsp3) is 0.385. The average Bonchev–Trinajstić information content (AvgIpc) is 2.25. The lowest BCUT2D eigenvalue weighted by molar-refractivity contribution is 0.281. The summed E-state index contributed by atoms with van der Waals surface area (Å²) in [5.41, 5.74) is 3.19. The molecule has 0 radical (unpaired) electrons. The van der Waals surface area contributed by atoms with Crippen molar-refractivity contribution in [1.29, 1.82) is 0 Å². The van der Waals surface area contributed by atoms with Gasteiger partial charge in [0.1, 0.15) is 0 Å². The van der Waals surface area contributed by atoms with Crippen LogP contribution in [0.1, 0.15) is 18.1 Å². The van der Waals surface area contributed by atoms with Gasteiger partial charge < -0.3 is 10.0 Å². The quantitative estimate of drug-likeness (QED) is 0.756. The predicted octanol–water partition coefficient (Wildman–Crippen LogP) is 1.95. The Morgan fingerprint density at radius 1 is 1.47 bits per heavy atom. The summed E-state index contributed by atoms with van der Waals surface area (Å²) in [4.78, 5) is 2.12. The van der Waals surface area contributed by atoms with Gasteiger partial charge in [-0.05, 0) is 37.1 Å². The van der Waals surface area contributed by atoms with E-state index in [2.05, 4.69) is 23.8 Å². The van der Waals surface area contributed by atoms with Crippen LogP contribution in [0.3, 0.4) is 0 Å². The molecule has 1 aromatic rings. The van der Waals surface area contributed by atoms with Crippen molar-refractivity contribution in [3.63, 3.8) is 0 Å². The van der Waals surface area contributed by atoms with Crippen LogP contribution in [-0.4, -0.2) is 18.2 Å². The molecule has 2 heteroatoms. The summed E-state index contributed by atoms with van der Waals surface area (Å²) < 4.78 is 0. The summed E-state index contributed by atoms with van der Waals surface area (Å²) in [6, 6.07) is 6.01. The van der Waals surface area contributed by atoms with Gasteiger partial charge in [0.15, 0.2) is 0 Å². The Morgan fingerprint density at radius 3 is 2.67 bits per heavy atom. The molecule has 1 N–H and O–H groups in total. The van der Waals surface area contributed by atoms with Gasteiger partial charge in [0.2, 0.25) is 0 Å². The second-order valence-electron chi connectivity index (χ2n) is 3.49. The number of aliphatic hydroxyl groups is 1. The number of benzene rings is 1. The summed E-state index contributed by atoms with van der Waals surface area (Å²) in [7, 11) is 0. The van der Waals surface area contributed by atoms with Crippen molar-refractivity contribution >= 4 is 5.69 Å². The van der Waals surface area contributed by atoms with E-state index in [-0.39, 0.29) is 6.61 Å². The van der Waals surface area contributed by atoms with Crippen LogP contribution in [0.15, 0.2) is 18.2 Å². The summed E-state index contributed by atoms with van der Waals surface area (Å²) in [5, 5.41) is 9.06. The molecule has 0 saturated carbocycles. The molecule has 0 spiro atoms. The number of hydrogen-bond donors (Lipinski definition) is 1. The molecule has 1 aromatic carbocycles. The molecule has 80 valence electrons. The maximum atomic E-state index is 9.06. The lowest BCUT2D eigenvalue weighted by Crippen LogP contribution is -2.22. The zero-order valence-electron chi connectivity index (χ0n) is 9.33. The highest BCUT2D eigenvalue weighted by molar-refractivity contribution is 5.51. The van der Waals surface area contributed by atoms with E-state index in [4.69, 9.17) is 11.5 Å². The molecule has 0 unspecified atom stereocenters. The third kappa shape index (κ3) is 2.74. The van der Waals surface area contributed by atoms with Crippen molar-refractivity contribution in [2.24, 2.45) is 0 Å². The van der Waals surface area contributed by atoms with Crippen molar-refractivity contribution in [1.82, 2.24) is 0 Å². The van der Waals surface area contributed by atoms with E-state index in [1.165, 1.54) is 0 Å². The zero-order valence-corrected chi connectivity index (χ0v) is 9.33. The monoisotopic (exact) mass is 203 g/mol. The molecule has 0 atom stereocenters. The molecular formula is C13H17NO. The van der Waals surface area contributed by atoms with E-state index in [1.54, 1.807) is 0 Å². The highest BCUT2D eigenvalue weighted by atomic mass is 16.3. The average molecular weight is 203 g/mol. The van der Waals surface area contributed by atoms with Crippen LogP contribution in [0.2, 0.25) is 0 Å². The molecule has 0 amide bonds. The second kappa shape index (κ2) is 5.43. The Labute approximate surface area is 91.5 Å². The number of rotatable bonds is 4. The molecule has 0 aromatic heterocycles. The fourth-order valence-electron chi connectivity index (χ4n) is 1.55. The van der Waals surface area contributed by atoms with Gasteiger partial charge in [-0.2, -0.15) is 0 Å². The molecule has 0 saturated heterocycles. The Bertz CT molecular complexity index is 365. The minimum atomic E-state index is 0.0907. The maximum absolute atomic E-state index is 9.06. The molecule has 0 aliphatic heterocycles. The first-order valence-corrected chi connectivity index (χ1v) is 5.11. The normalized spacial score (nSPS) is 9.73. The summed E-state index contributed by atoms with van der Waals surface area (Å²) in [6.45, 7) is 5.68. The number of aliphatic hydroxyl groups excluding tert-OH is 1. The van der Waals surface area contributed by atoms with Gasteiger partial charge in [-0.15, -0.1) is 6.42 Å². The van der Waals surface area contributed by atoms with Crippen molar-refractivity contribution < 1.29 is 5.11 Å². The summed E-state index contributed by atoms with van der Waals surface area (Å²) >= 11 is 0. The Kier molecular flexibility index (Phi) is 4.20. The SMILES string of the molecule is C#CCN(CC)c1ccc(CO)c(C)c1. The van der Waals surface area contributed by atoms with E-state index < -0.39 is 0 Å². The fourth-order valence-corrected chi connectivity index (χ4v) is 1.55. The minimum absolute atomic E-state index is 0.0907. The van der Waals surface area contributed by atoms with E-state index >= 15 is 0 Å². The predicted molar refractivity (Wildman–Crippen MR) is 63.8 cm³/mol. The Balaban J connectivity index is 2.95. The lowest BCUT2D eigenvalue weighted by Gasteiger charge is -2.21. The first-order chi connectivity index (χ1) is 7.22. The maximum Gasteiger partial charge on any atom is 0.0791 e. The largest absolute Gasteiger partial charge is 0.392 e. The van der Waals surface area contributed by atoms with Crippen LogP contribution in [0.25, 0.3) is 0 Å². The van der Waals surface area contributed by atoms with Gasteiger partial charge >= 0.3 is 0 Å². The topological polar surface area (TPSA) is 23.5 Å². The van der Waals surface area contributed by atoms with Gasteiger partial charge in [-0.3, -0.25) is 0 Å². The van der Waals surface area contributed by atoms with E-state index in [1.807, 2.05) is 19.1 Å². The summed E-state index contributed by atoms with van der Waals surface area (Å²) in [5.74, 6) is 2.64. The standard InChI is InChI=1S/C13H17NO/c1-4-8-14(5-2)13-7-6-12(10-15)11(3)9-13/h1,6-7,9,15H,5,8,10H2,2-3H3. The van der Waals surface area contributed by atoms with Gasteiger partial charge in [0.05, 0.1) is 13.2 Å². The minimum Gasteiger partial charge on any atom is -0.392 e. The van der Waals surface area contributed by atoms with Crippen molar-refractivity contribution in [2.45, 2.75) is 20.5 Å². The van der Waals surface area contributed by atoms with Crippen LogP contribution in [0.4, 0.5) is 5.69 Å². The molecule has 15 heavy (non-hydrogen) atoms. The number of aryl methyl sites for hydroxylation is 1. The highest BCUT2D eigenvalue weighted by Crippen LogP contribution is 2.18. The third-order valence-electron chi connectivity index (χ3n) is 2.53. The smallest absolute Gasteiger partial charge is 0.0791 e. The summed E-state index contributed by atoms with van der Waals surface area (Å²) in [6.07, 6.45) is 5.30. The molecule has 0 heterocycles. The molecule has 0 aliphatic rings. The Morgan fingerprint density at radius 2 is 2.20 bits per heavy atom. The van der Waals surface area contributed by atoms with Gasteiger partial charge in [0.25, 0.3) is 0 Å². The first kappa shape index (κ1) is 11.6. The van der Waals surface area contributed by atoms with E-state index in [9.17, 15) is 0 Å². The number of anilines is 1. The number of nitrogens with zero attached hydrogens (tertiary/aromatic N) is 1. The molecule has 0 bridgehead atoms. The van der Waals surface area contributed by atoms with Crippen molar-refractivity contribution in [3.05, 3.63) is 29.3 Å². The van der Waals surface area contributed by atoms with Crippen LogP contribution < -0.4 is 4.90 Å². The zero-order chi connectivity index (χ0) is 11.3. The van der Waals surface area contributed by atoms with E-state index in [0.29, 0.717) is 6.54 Å². The van der Waals surface area contributed by atoms with Crippen LogP contribution >= 0.6 is 0 Å². The molecule has 1 rings (SSSR count). The van der Waals surface area contributed by atoms with Crippen LogP contribution in [0, 0.1) is 19.3 Å². The third-order valence-corrected chi connectivity index (χ3v) is 2.53. The first-order valence-electron chi connectivity index (χ1n) is 5.11. The van der Waals surface area contributed by atoms with Gasteiger partial charge in [0, 0.05) is 12.2 Å². The molecule has 0 fully saturated rings. The van der Waals surface area contributed by atoms with Gasteiger partial charge in [-0.25, -0.2) is 0 Å². The van der Waals surface area contributed by atoms with Crippen LogP contribution in [-0.2, 0) is 6.61 Å². The second-order valence-corrected chi connectivity index (χ2v) is 3.49.